The molecule has 1 aliphatic heterocycles. The predicted octanol–water partition coefficient (Wildman–Crippen LogP) is 1.97. The van der Waals surface area contributed by atoms with Gasteiger partial charge in [-0.3, -0.25) is 9.78 Å². The summed E-state index contributed by atoms with van der Waals surface area (Å²) in [5.41, 5.74) is -0.0892. The van der Waals surface area contributed by atoms with E-state index in [1.807, 2.05) is 4.90 Å². The van der Waals surface area contributed by atoms with Crippen molar-refractivity contribution < 1.29 is 4.79 Å². The molecule has 0 unspecified atom stereocenters. The minimum Gasteiger partial charge on any atom is -0.343 e. The van der Waals surface area contributed by atoms with Gasteiger partial charge in [0, 0.05) is 25.4 Å². The number of carbonyl (C=O) groups excluding carboxylic acids is 1. The molecule has 6 heteroatoms. The van der Waals surface area contributed by atoms with Crippen LogP contribution >= 0.6 is 0 Å². The van der Waals surface area contributed by atoms with E-state index in [1.165, 1.54) is 0 Å². The third-order valence-corrected chi connectivity index (χ3v) is 5.35. The van der Waals surface area contributed by atoms with Crippen LogP contribution in [0.4, 0.5) is 0 Å². The van der Waals surface area contributed by atoms with Crippen LogP contribution in [0.15, 0.2) is 16.9 Å². The lowest BCUT2D eigenvalue weighted by Crippen LogP contribution is -2.41. The first kappa shape index (κ1) is 14.7. The second kappa shape index (κ2) is 5.98. The van der Waals surface area contributed by atoms with Gasteiger partial charge >= 0.3 is 5.69 Å². The Morgan fingerprint density at radius 1 is 1.17 bits per heavy atom. The largest absolute Gasteiger partial charge is 0.343 e. The molecular weight excluding hydrogens is 292 g/mol. The highest BCUT2D eigenvalue weighted by atomic mass is 16.2. The van der Waals surface area contributed by atoms with Gasteiger partial charge in [0.1, 0.15) is 5.82 Å². The van der Waals surface area contributed by atoms with E-state index in [1.54, 1.807) is 4.68 Å². The normalized spacial score (nSPS) is 22.9. The number of aromatic nitrogens is 3. The van der Waals surface area contributed by atoms with Crippen LogP contribution in [0, 0.1) is 5.92 Å². The molecule has 1 N–H and O–H groups in total. The molecule has 6 nitrogen and oxygen atoms in total. The number of hydrogen-bond acceptors (Lipinski definition) is 3. The van der Waals surface area contributed by atoms with Crippen molar-refractivity contribution in [2.45, 2.75) is 56.9 Å². The summed E-state index contributed by atoms with van der Waals surface area (Å²) in [4.78, 5) is 29.3. The number of aromatic amines is 1. The standard InChI is InChI=1S/C17H24N4O2/c22-15(11-12-3-1-2-4-12)20-9-7-14(8-10-20)21-17(23)18-16(19-21)13-5-6-13/h1-2,12-14H,3-11H2,(H,18,19,23). The molecule has 0 radical (unpaired) electrons. The van der Waals surface area contributed by atoms with Crippen LogP contribution in [-0.2, 0) is 4.79 Å². The van der Waals surface area contributed by atoms with Crippen molar-refractivity contribution in [1.29, 1.82) is 0 Å². The highest BCUT2D eigenvalue weighted by Gasteiger charge is 2.31. The third-order valence-electron chi connectivity index (χ3n) is 5.35. The van der Waals surface area contributed by atoms with Crippen LogP contribution < -0.4 is 5.69 Å². The maximum absolute atomic E-state index is 12.4. The second-order valence-electron chi connectivity index (χ2n) is 7.16. The zero-order valence-electron chi connectivity index (χ0n) is 13.4. The molecule has 1 aromatic rings. The monoisotopic (exact) mass is 316 g/mol. The number of carbonyl (C=O) groups is 1. The number of hydrogen-bond donors (Lipinski definition) is 1. The number of rotatable bonds is 4. The van der Waals surface area contributed by atoms with Gasteiger partial charge in [0.25, 0.3) is 0 Å². The van der Waals surface area contributed by atoms with E-state index in [0.29, 0.717) is 18.3 Å². The minimum absolute atomic E-state index is 0.0892. The van der Waals surface area contributed by atoms with Crippen LogP contribution in [0.3, 0.4) is 0 Å². The first-order chi connectivity index (χ1) is 11.2. The average molecular weight is 316 g/mol. The lowest BCUT2D eigenvalue weighted by Gasteiger charge is -2.32. The molecule has 2 heterocycles. The summed E-state index contributed by atoms with van der Waals surface area (Å²) in [5.74, 6) is 2.08. The summed E-state index contributed by atoms with van der Waals surface area (Å²) in [6, 6.07) is 0.128. The fourth-order valence-corrected chi connectivity index (χ4v) is 3.72. The van der Waals surface area contributed by atoms with Crippen molar-refractivity contribution in [2.75, 3.05) is 13.1 Å². The Labute approximate surface area is 135 Å². The Balaban J connectivity index is 1.33. The van der Waals surface area contributed by atoms with Gasteiger partial charge in [-0.15, -0.1) is 0 Å². The van der Waals surface area contributed by atoms with Crippen molar-refractivity contribution >= 4 is 5.91 Å². The first-order valence-electron chi connectivity index (χ1n) is 8.82. The van der Waals surface area contributed by atoms with Crippen LogP contribution in [0.25, 0.3) is 0 Å². The van der Waals surface area contributed by atoms with Gasteiger partial charge < -0.3 is 4.90 Å². The minimum atomic E-state index is -0.0892. The lowest BCUT2D eigenvalue weighted by atomic mass is 10.00. The molecule has 0 atom stereocenters. The van der Waals surface area contributed by atoms with E-state index in [4.69, 9.17) is 0 Å². The fraction of sp³-hybridized carbons (Fsp3) is 0.706. The van der Waals surface area contributed by atoms with E-state index in [2.05, 4.69) is 22.2 Å². The van der Waals surface area contributed by atoms with Crippen LogP contribution in [0.5, 0.6) is 0 Å². The predicted molar refractivity (Wildman–Crippen MR) is 86.2 cm³/mol. The number of likely N-dealkylation sites (tertiary alicyclic amines) is 1. The highest BCUT2D eigenvalue weighted by molar-refractivity contribution is 5.76. The third kappa shape index (κ3) is 3.12. The molecule has 3 aliphatic rings. The number of nitrogens with one attached hydrogen (secondary N) is 1. The number of piperidine rings is 1. The topological polar surface area (TPSA) is 71.0 Å². The van der Waals surface area contributed by atoms with Gasteiger partial charge in [-0.1, -0.05) is 12.2 Å². The SMILES string of the molecule is O=C(CC1CC=CC1)N1CCC(n2nc(C3CC3)[nH]c2=O)CC1. The molecule has 0 aromatic carbocycles. The van der Waals surface area contributed by atoms with Gasteiger partial charge in [0.15, 0.2) is 0 Å². The van der Waals surface area contributed by atoms with Crippen molar-refractivity contribution in [3.8, 4) is 0 Å². The van der Waals surface area contributed by atoms with Crippen molar-refractivity contribution in [3.05, 3.63) is 28.5 Å². The van der Waals surface area contributed by atoms with E-state index >= 15 is 0 Å². The number of allylic oxidation sites excluding steroid dienone is 2. The Kier molecular flexibility index (Phi) is 3.83. The fourth-order valence-electron chi connectivity index (χ4n) is 3.72. The van der Waals surface area contributed by atoms with Gasteiger partial charge in [0.2, 0.25) is 5.91 Å². The molecular formula is C17H24N4O2. The first-order valence-corrected chi connectivity index (χ1v) is 8.82. The zero-order valence-corrected chi connectivity index (χ0v) is 13.4. The Morgan fingerprint density at radius 3 is 2.52 bits per heavy atom. The van der Waals surface area contributed by atoms with E-state index < -0.39 is 0 Å². The molecule has 1 saturated carbocycles. The van der Waals surface area contributed by atoms with E-state index in [9.17, 15) is 9.59 Å². The summed E-state index contributed by atoms with van der Waals surface area (Å²) in [6.45, 7) is 1.48. The molecule has 124 valence electrons. The highest BCUT2D eigenvalue weighted by Crippen LogP contribution is 2.37. The van der Waals surface area contributed by atoms with Crippen LogP contribution in [0.2, 0.25) is 0 Å². The van der Waals surface area contributed by atoms with Crippen molar-refractivity contribution in [3.63, 3.8) is 0 Å². The van der Waals surface area contributed by atoms with Crippen molar-refractivity contribution in [1.82, 2.24) is 19.7 Å². The summed E-state index contributed by atoms with van der Waals surface area (Å²) in [5, 5.41) is 4.49. The van der Waals surface area contributed by atoms with E-state index in [0.717, 1.165) is 57.4 Å². The second-order valence-corrected chi connectivity index (χ2v) is 7.16. The Hall–Kier alpha value is -1.85. The lowest BCUT2D eigenvalue weighted by molar-refractivity contribution is -0.133. The molecule has 1 amide bonds. The van der Waals surface area contributed by atoms with Gasteiger partial charge in [0.05, 0.1) is 6.04 Å². The molecule has 0 bridgehead atoms. The summed E-state index contributed by atoms with van der Waals surface area (Å²) in [7, 11) is 0. The van der Waals surface area contributed by atoms with Gasteiger partial charge in [-0.2, -0.15) is 5.10 Å². The number of amides is 1. The number of H-pyrrole nitrogens is 1. The van der Waals surface area contributed by atoms with Crippen LogP contribution in [-0.4, -0.2) is 38.7 Å². The Morgan fingerprint density at radius 2 is 1.87 bits per heavy atom. The molecule has 1 aromatic heterocycles. The maximum atomic E-state index is 12.4. The molecule has 23 heavy (non-hydrogen) atoms. The van der Waals surface area contributed by atoms with E-state index in [-0.39, 0.29) is 17.6 Å². The maximum Gasteiger partial charge on any atom is 0.343 e. The summed E-state index contributed by atoms with van der Waals surface area (Å²) in [6.07, 6.45) is 11.0. The van der Waals surface area contributed by atoms with Gasteiger partial charge in [-0.05, 0) is 44.4 Å². The molecule has 4 rings (SSSR count). The van der Waals surface area contributed by atoms with Gasteiger partial charge in [-0.25, -0.2) is 9.48 Å². The molecule has 0 spiro atoms. The summed E-state index contributed by atoms with van der Waals surface area (Å²) >= 11 is 0. The summed E-state index contributed by atoms with van der Waals surface area (Å²) < 4.78 is 1.62. The quantitative estimate of drug-likeness (QED) is 0.863. The van der Waals surface area contributed by atoms with Crippen molar-refractivity contribution in [2.24, 2.45) is 5.92 Å². The zero-order chi connectivity index (χ0) is 15.8. The van der Waals surface area contributed by atoms with Crippen LogP contribution in [0.1, 0.15) is 62.7 Å². The Bertz CT molecular complexity index is 654. The molecule has 1 saturated heterocycles. The molecule has 2 fully saturated rings. The smallest absolute Gasteiger partial charge is 0.343 e. The number of nitrogens with zero attached hydrogens (tertiary/aromatic N) is 3. The average Bonchev–Trinajstić information content (AvgIpc) is 3.15. The molecule has 2 aliphatic carbocycles.